The van der Waals surface area contributed by atoms with E-state index in [1.807, 2.05) is 6.92 Å². The van der Waals surface area contributed by atoms with Crippen LogP contribution >= 0.6 is 0 Å². The highest BCUT2D eigenvalue weighted by Gasteiger charge is 2.39. The topological polar surface area (TPSA) is 29.1 Å². The van der Waals surface area contributed by atoms with Gasteiger partial charge in [0.15, 0.2) is 0 Å². The molecule has 0 saturated heterocycles. The summed E-state index contributed by atoms with van der Waals surface area (Å²) in [5.41, 5.74) is -0.196. The van der Waals surface area contributed by atoms with Crippen molar-refractivity contribution in [2.75, 3.05) is 6.54 Å². The van der Waals surface area contributed by atoms with Crippen LogP contribution < -0.4 is 5.32 Å². The third-order valence-electron chi connectivity index (χ3n) is 3.99. The molecule has 2 nitrogen and oxygen atoms in total. The molecule has 0 atom stereocenters. The lowest BCUT2D eigenvalue weighted by atomic mass is 9.79. The Morgan fingerprint density at radius 2 is 1.42 bits per heavy atom. The van der Waals surface area contributed by atoms with E-state index in [-0.39, 0.29) is 12.0 Å². The third kappa shape index (κ3) is 6.30. The smallest absolute Gasteiger partial charge is 0.348 e. The van der Waals surface area contributed by atoms with Crippen molar-refractivity contribution in [1.82, 2.24) is 5.32 Å². The van der Waals surface area contributed by atoms with Crippen molar-refractivity contribution >= 4 is 5.91 Å². The number of halogens is 3. The Hall–Kier alpha value is -0.740. The number of rotatable bonds is 2. The van der Waals surface area contributed by atoms with Crippen molar-refractivity contribution in [1.29, 1.82) is 0 Å². The second-order valence-corrected chi connectivity index (χ2v) is 5.97. The predicted molar refractivity (Wildman–Crippen MR) is 68.7 cm³/mol. The fourth-order valence-electron chi connectivity index (χ4n) is 2.68. The number of hydrogen-bond acceptors (Lipinski definition) is 1. The van der Waals surface area contributed by atoms with E-state index in [2.05, 4.69) is 5.32 Å². The van der Waals surface area contributed by atoms with E-state index in [0.717, 1.165) is 38.5 Å². The van der Waals surface area contributed by atoms with Gasteiger partial charge in [-0.15, -0.1) is 0 Å². The Balaban J connectivity index is 2.47. The van der Waals surface area contributed by atoms with Gasteiger partial charge in [0.25, 0.3) is 0 Å². The first-order chi connectivity index (χ1) is 8.83. The summed E-state index contributed by atoms with van der Waals surface area (Å²) >= 11 is 0. The molecule has 0 aromatic carbocycles. The minimum absolute atomic E-state index is 0.130. The molecule has 112 valence electrons. The zero-order chi connectivity index (χ0) is 14.4. The van der Waals surface area contributed by atoms with E-state index in [0.29, 0.717) is 0 Å². The monoisotopic (exact) mass is 279 g/mol. The summed E-state index contributed by atoms with van der Waals surface area (Å²) in [5.74, 6) is -1.81. The molecular formula is C14H24F3NO. The van der Waals surface area contributed by atoms with Gasteiger partial charge in [-0.05, 0) is 18.3 Å². The van der Waals surface area contributed by atoms with Crippen LogP contribution in [-0.4, -0.2) is 18.6 Å². The van der Waals surface area contributed by atoms with Crippen LogP contribution in [0.3, 0.4) is 0 Å². The highest BCUT2D eigenvalue weighted by Crippen LogP contribution is 2.32. The summed E-state index contributed by atoms with van der Waals surface area (Å²) in [7, 11) is 0. The van der Waals surface area contributed by atoms with Crippen LogP contribution in [0.25, 0.3) is 0 Å². The number of hydrogen-bond donors (Lipinski definition) is 1. The maximum absolute atomic E-state index is 12.2. The van der Waals surface area contributed by atoms with E-state index in [1.165, 1.54) is 19.3 Å². The zero-order valence-electron chi connectivity index (χ0n) is 11.6. The molecule has 1 aliphatic carbocycles. The molecule has 0 aromatic heterocycles. The molecule has 1 fully saturated rings. The van der Waals surface area contributed by atoms with Crippen molar-refractivity contribution in [3.63, 3.8) is 0 Å². The lowest BCUT2D eigenvalue weighted by Gasteiger charge is -2.31. The first-order valence-corrected chi connectivity index (χ1v) is 7.19. The number of carbonyl (C=O) groups excluding carboxylic acids is 1. The molecule has 0 spiro atoms. The van der Waals surface area contributed by atoms with Crippen molar-refractivity contribution in [2.45, 2.75) is 70.9 Å². The van der Waals surface area contributed by atoms with Gasteiger partial charge in [-0.3, -0.25) is 4.79 Å². The van der Waals surface area contributed by atoms with Gasteiger partial charge in [-0.2, -0.15) is 13.2 Å². The van der Waals surface area contributed by atoms with Gasteiger partial charge in [0.1, 0.15) is 0 Å². The highest BCUT2D eigenvalue weighted by atomic mass is 19.4. The Bertz CT molecular complexity index is 279. The summed E-state index contributed by atoms with van der Waals surface area (Å²) in [6.45, 7) is 2.12. The average molecular weight is 279 g/mol. The van der Waals surface area contributed by atoms with Crippen LogP contribution in [0.5, 0.6) is 0 Å². The van der Waals surface area contributed by atoms with Gasteiger partial charge < -0.3 is 5.32 Å². The van der Waals surface area contributed by atoms with Gasteiger partial charge in [0.2, 0.25) is 0 Å². The Kier molecular flexibility index (Phi) is 6.14. The van der Waals surface area contributed by atoms with Crippen molar-refractivity contribution in [3.05, 3.63) is 0 Å². The number of amides is 1. The second-order valence-electron chi connectivity index (χ2n) is 5.97. The van der Waals surface area contributed by atoms with Gasteiger partial charge >= 0.3 is 12.1 Å². The Labute approximate surface area is 113 Å². The van der Waals surface area contributed by atoms with Gasteiger partial charge in [0, 0.05) is 6.54 Å². The number of alkyl halides is 3. The third-order valence-corrected chi connectivity index (χ3v) is 3.99. The second kappa shape index (κ2) is 7.15. The van der Waals surface area contributed by atoms with E-state index in [1.54, 1.807) is 0 Å². The van der Waals surface area contributed by atoms with Crippen LogP contribution in [0.1, 0.15) is 64.7 Å². The largest absolute Gasteiger partial charge is 0.471 e. The summed E-state index contributed by atoms with van der Waals surface area (Å²) in [4.78, 5) is 10.9. The van der Waals surface area contributed by atoms with Gasteiger partial charge in [0.05, 0.1) is 0 Å². The van der Waals surface area contributed by atoms with Crippen LogP contribution in [0.4, 0.5) is 13.2 Å². The van der Waals surface area contributed by atoms with Gasteiger partial charge in [-0.25, -0.2) is 0 Å². The average Bonchev–Trinajstić information content (AvgIpc) is 2.33. The Morgan fingerprint density at radius 1 is 1.00 bits per heavy atom. The summed E-state index contributed by atoms with van der Waals surface area (Å²) in [6, 6.07) is 0. The summed E-state index contributed by atoms with van der Waals surface area (Å²) in [6.07, 6.45) is 5.07. The molecule has 1 saturated carbocycles. The Morgan fingerprint density at radius 3 is 1.84 bits per heavy atom. The fourth-order valence-corrected chi connectivity index (χ4v) is 2.68. The van der Waals surface area contributed by atoms with Crippen molar-refractivity contribution in [2.24, 2.45) is 5.41 Å². The quantitative estimate of drug-likeness (QED) is 0.806. The molecule has 0 heterocycles. The standard InChI is InChI=1S/C14H24F3NO/c1-13(11-18-12(19)14(15,16)17)9-7-5-3-2-4-6-8-10-13/h2-11H2,1H3,(H,18,19). The molecule has 5 heteroatoms. The van der Waals surface area contributed by atoms with E-state index in [4.69, 9.17) is 0 Å². The molecular weight excluding hydrogens is 255 g/mol. The number of nitrogens with one attached hydrogen (secondary N) is 1. The van der Waals surface area contributed by atoms with Crippen molar-refractivity contribution in [3.8, 4) is 0 Å². The molecule has 1 rings (SSSR count). The van der Waals surface area contributed by atoms with Crippen molar-refractivity contribution < 1.29 is 18.0 Å². The van der Waals surface area contributed by atoms with Crippen LogP contribution in [0.15, 0.2) is 0 Å². The highest BCUT2D eigenvalue weighted by molar-refractivity contribution is 5.81. The molecule has 19 heavy (non-hydrogen) atoms. The molecule has 0 aromatic rings. The zero-order valence-corrected chi connectivity index (χ0v) is 11.6. The number of carbonyl (C=O) groups is 1. The molecule has 1 N–H and O–H groups in total. The van der Waals surface area contributed by atoms with E-state index < -0.39 is 12.1 Å². The first kappa shape index (κ1) is 16.3. The molecule has 0 aliphatic heterocycles. The minimum atomic E-state index is -4.77. The minimum Gasteiger partial charge on any atom is -0.348 e. The molecule has 0 unspecified atom stereocenters. The van der Waals surface area contributed by atoms with E-state index in [9.17, 15) is 18.0 Å². The molecule has 0 bridgehead atoms. The summed E-state index contributed by atoms with van der Waals surface area (Å²) < 4.78 is 36.5. The molecule has 0 radical (unpaired) electrons. The maximum atomic E-state index is 12.2. The van der Waals surface area contributed by atoms with Crippen LogP contribution in [0, 0.1) is 5.41 Å². The SMILES string of the molecule is CC1(CNC(=O)C(F)(F)F)CCCCCCCCC1. The normalized spacial score (nSPS) is 21.7. The summed E-state index contributed by atoms with van der Waals surface area (Å²) in [5, 5.41) is 2.05. The fraction of sp³-hybridized carbons (Fsp3) is 0.929. The predicted octanol–water partition coefficient (Wildman–Crippen LogP) is 4.20. The van der Waals surface area contributed by atoms with Gasteiger partial charge in [-0.1, -0.05) is 51.9 Å². The maximum Gasteiger partial charge on any atom is 0.471 e. The van der Waals surface area contributed by atoms with Crippen LogP contribution in [0.2, 0.25) is 0 Å². The first-order valence-electron chi connectivity index (χ1n) is 7.19. The lowest BCUT2D eigenvalue weighted by Crippen LogP contribution is -2.42. The molecule has 1 aliphatic rings. The molecule has 1 amide bonds. The van der Waals surface area contributed by atoms with Crippen LogP contribution in [-0.2, 0) is 4.79 Å². The van der Waals surface area contributed by atoms with E-state index >= 15 is 0 Å². The lowest BCUT2D eigenvalue weighted by molar-refractivity contribution is -0.174.